The molecule has 1 atom stereocenters. The predicted molar refractivity (Wildman–Crippen MR) is 75.4 cm³/mol. The van der Waals surface area contributed by atoms with Crippen LogP contribution in [0.3, 0.4) is 0 Å². The Morgan fingerprint density at radius 2 is 2.33 bits per heavy atom. The number of halogens is 3. The zero-order chi connectivity index (χ0) is 13.3. The van der Waals surface area contributed by atoms with Gasteiger partial charge >= 0.3 is 5.97 Å². The van der Waals surface area contributed by atoms with Gasteiger partial charge in [-0.3, -0.25) is 4.42 Å². The van der Waals surface area contributed by atoms with Crippen LogP contribution in [-0.4, -0.2) is 22.5 Å². The highest BCUT2D eigenvalue weighted by Crippen LogP contribution is 2.51. The SMILES string of the molecule is COC(=O)c1cccc(C2SC(Br)=C(Cl)N2Cl)n1. The lowest BCUT2D eigenvalue weighted by atomic mass is 10.3. The van der Waals surface area contributed by atoms with Crippen LogP contribution in [0, 0.1) is 0 Å². The van der Waals surface area contributed by atoms with Crippen LogP contribution >= 0.6 is 51.1 Å². The molecule has 0 radical (unpaired) electrons. The van der Waals surface area contributed by atoms with Gasteiger partial charge in [-0.2, -0.15) is 0 Å². The molecule has 2 rings (SSSR count). The van der Waals surface area contributed by atoms with E-state index < -0.39 is 5.97 Å². The number of thioether (sulfide) groups is 1. The number of pyridine rings is 1. The molecule has 1 unspecified atom stereocenters. The normalized spacial score (nSPS) is 19.3. The fraction of sp³-hybridized carbons (Fsp3) is 0.200. The van der Waals surface area contributed by atoms with Crippen LogP contribution in [0.5, 0.6) is 0 Å². The molecule has 1 aromatic heterocycles. The summed E-state index contributed by atoms with van der Waals surface area (Å²) in [6.07, 6.45) is 0. The van der Waals surface area contributed by atoms with E-state index in [2.05, 4.69) is 25.7 Å². The van der Waals surface area contributed by atoms with Gasteiger partial charge in [0.2, 0.25) is 0 Å². The van der Waals surface area contributed by atoms with Crippen molar-refractivity contribution in [3.05, 3.63) is 38.6 Å². The van der Waals surface area contributed by atoms with Crippen LogP contribution in [0.2, 0.25) is 0 Å². The highest BCUT2D eigenvalue weighted by molar-refractivity contribution is 9.14. The maximum absolute atomic E-state index is 11.4. The molecule has 96 valence electrons. The summed E-state index contributed by atoms with van der Waals surface area (Å²) in [5.74, 6) is -0.487. The van der Waals surface area contributed by atoms with Crippen LogP contribution in [0.15, 0.2) is 27.2 Å². The maximum atomic E-state index is 11.4. The van der Waals surface area contributed by atoms with Gasteiger partial charge in [-0.05, 0) is 28.1 Å². The number of hydrogen-bond acceptors (Lipinski definition) is 5. The molecule has 2 heterocycles. The third kappa shape index (κ3) is 2.61. The number of carbonyl (C=O) groups is 1. The first-order valence-electron chi connectivity index (χ1n) is 4.77. The molecule has 0 saturated heterocycles. The number of esters is 1. The smallest absolute Gasteiger partial charge is 0.356 e. The van der Waals surface area contributed by atoms with Crippen molar-refractivity contribution in [1.29, 1.82) is 0 Å². The van der Waals surface area contributed by atoms with Gasteiger partial charge < -0.3 is 4.74 Å². The summed E-state index contributed by atoms with van der Waals surface area (Å²) in [5.41, 5.74) is 0.866. The molecule has 0 aromatic carbocycles. The van der Waals surface area contributed by atoms with E-state index in [0.717, 1.165) is 3.81 Å². The molecule has 0 bridgehead atoms. The molecule has 0 N–H and O–H groups in total. The predicted octanol–water partition coefficient (Wildman–Crippen LogP) is 3.83. The lowest BCUT2D eigenvalue weighted by molar-refractivity contribution is 0.0593. The van der Waals surface area contributed by atoms with Crippen molar-refractivity contribution in [2.24, 2.45) is 0 Å². The van der Waals surface area contributed by atoms with Gasteiger partial charge in [0.05, 0.1) is 16.6 Å². The fourth-order valence-electron chi connectivity index (χ4n) is 1.36. The van der Waals surface area contributed by atoms with Gasteiger partial charge in [0.15, 0.2) is 0 Å². The number of nitrogens with zero attached hydrogens (tertiary/aromatic N) is 2. The largest absolute Gasteiger partial charge is 0.464 e. The van der Waals surface area contributed by atoms with Crippen molar-refractivity contribution in [3.63, 3.8) is 0 Å². The molecular weight excluding hydrogens is 363 g/mol. The Morgan fingerprint density at radius 1 is 1.61 bits per heavy atom. The summed E-state index contributed by atoms with van der Waals surface area (Å²) >= 11 is 16.7. The minimum Gasteiger partial charge on any atom is -0.464 e. The number of ether oxygens (including phenoxy) is 1. The topological polar surface area (TPSA) is 42.4 Å². The van der Waals surface area contributed by atoms with E-state index in [9.17, 15) is 4.79 Å². The van der Waals surface area contributed by atoms with Crippen molar-refractivity contribution in [2.45, 2.75) is 5.37 Å². The number of rotatable bonds is 2. The van der Waals surface area contributed by atoms with Gasteiger partial charge in [0, 0.05) is 11.8 Å². The Balaban J connectivity index is 2.28. The van der Waals surface area contributed by atoms with Crippen molar-refractivity contribution >= 4 is 57.0 Å². The summed E-state index contributed by atoms with van der Waals surface area (Å²) < 4.78 is 6.71. The Labute approximate surface area is 127 Å². The van der Waals surface area contributed by atoms with Crippen molar-refractivity contribution in [1.82, 2.24) is 9.40 Å². The highest BCUT2D eigenvalue weighted by Gasteiger charge is 2.32. The van der Waals surface area contributed by atoms with Crippen molar-refractivity contribution in [2.75, 3.05) is 7.11 Å². The van der Waals surface area contributed by atoms with Gasteiger partial charge in [0.1, 0.15) is 16.2 Å². The van der Waals surface area contributed by atoms with E-state index in [1.165, 1.54) is 23.3 Å². The van der Waals surface area contributed by atoms with E-state index in [0.29, 0.717) is 10.9 Å². The number of aromatic nitrogens is 1. The molecule has 0 amide bonds. The first kappa shape index (κ1) is 14.0. The lowest BCUT2D eigenvalue weighted by Gasteiger charge is -2.17. The summed E-state index contributed by atoms with van der Waals surface area (Å²) in [6, 6.07) is 5.08. The molecule has 1 aliphatic heterocycles. The Hall–Kier alpha value is -0.430. The van der Waals surface area contributed by atoms with Gasteiger partial charge in [0.25, 0.3) is 0 Å². The molecule has 0 saturated carbocycles. The van der Waals surface area contributed by atoms with E-state index in [-0.39, 0.29) is 11.1 Å². The molecule has 4 nitrogen and oxygen atoms in total. The molecule has 0 fully saturated rings. The van der Waals surface area contributed by atoms with Crippen molar-refractivity contribution < 1.29 is 9.53 Å². The summed E-state index contributed by atoms with van der Waals surface area (Å²) in [4.78, 5) is 15.6. The third-order valence-corrected chi connectivity index (χ3v) is 5.48. The van der Waals surface area contributed by atoms with Crippen molar-refractivity contribution in [3.8, 4) is 0 Å². The van der Waals surface area contributed by atoms with Gasteiger partial charge in [-0.1, -0.05) is 29.4 Å². The molecule has 18 heavy (non-hydrogen) atoms. The zero-order valence-corrected chi connectivity index (χ0v) is 13.0. The monoisotopic (exact) mass is 368 g/mol. The standard InChI is InChI=1S/C10H7BrCl2N2O2S/c1-17-10(16)6-4-2-3-5(14-6)9-15(13)8(12)7(11)18-9/h2-4,9H,1H3. The first-order chi connectivity index (χ1) is 8.54. The molecular formula is C10H7BrCl2N2O2S. The van der Waals surface area contributed by atoms with E-state index in [1.54, 1.807) is 18.2 Å². The minimum atomic E-state index is -0.487. The van der Waals surface area contributed by atoms with Gasteiger partial charge in [-0.15, -0.1) is 0 Å². The summed E-state index contributed by atoms with van der Waals surface area (Å²) in [6.45, 7) is 0. The Kier molecular flexibility index (Phi) is 4.42. The first-order valence-corrected chi connectivity index (χ1v) is 7.15. The number of hydrogen-bond donors (Lipinski definition) is 0. The van der Waals surface area contributed by atoms with Crippen LogP contribution in [0.1, 0.15) is 21.6 Å². The minimum absolute atomic E-state index is 0.236. The highest BCUT2D eigenvalue weighted by atomic mass is 79.9. The van der Waals surface area contributed by atoms with E-state index >= 15 is 0 Å². The molecule has 8 heteroatoms. The number of carbonyl (C=O) groups excluding carboxylic acids is 1. The third-order valence-electron chi connectivity index (χ3n) is 2.19. The van der Waals surface area contributed by atoms with Crippen LogP contribution in [-0.2, 0) is 4.74 Å². The second-order valence-electron chi connectivity index (χ2n) is 3.29. The van der Waals surface area contributed by atoms with Crippen LogP contribution < -0.4 is 0 Å². The average Bonchev–Trinajstić information content (AvgIpc) is 2.66. The van der Waals surface area contributed by atoms with E-state index in [1.807, 2.05) is 0 Å². The molecule has 1 aliphatic rings. The van der Waals surface area contributed by atoms with Gasteiger partial charge in [-0.25, -0.2) is 9.78 Å². The summed E-state index contributed by atoms with van der Waals surface area (Å²) in [5, 5.41) is 0.120. The molecule has 0 aliphatic carbocycles. The van der Waals surface area contributed by atoms with Crippen LogP contribution in [0.4, 0.5) is 0 Å². The van der Waals surface area contributed by atoms with E-state index in [4.69, 9.17) is 23.4 Å². The quantitative estimate of drug-likeness (QED) is 0.450. The Bertz CT molecular complexity index is 526. The van der Waals surface area contributed by atoms with Crippen LogP contribution in [0.25, 0.3) is 0 Å². The fourth-order valence-corrected chi connectivity index (χ4v) is 3.67. The Morgan fingerprint density at radius 3 is 2.89 bits per heavy atom. The molecule has 0 spiro atoms. The zero-order valence-electron chi connectivity index (χ0n) is 9.06. The second kappa shape index (κ2) is 5.69. The molecule has 1 aromatic rings. The summed E-state index contributed by atoms with van der Waals surface area (Å²) in [7, 11) is 1.31. The maximum Gasteiger partial charge on any atom is 0.356 e. The number of methoxy groups -OCH3 is 1. The lowest BCUT2D eigenvalue weighted by Crippen LogP contribution is -2.13. The second-order valence-corrected chi connectivity index (χ2v) is 6.42. The average molecular weight is 370 g/mol.